The number of hydrogen-bond donors (Lipinski definition) is 2. The number of aromatic nitrogens is 4. The lowest BCUT2D eigenvalue weighted by Gasteiger charge is -2.08. The van der Waals surface area contributed by atoms with E-state index < -0.39 is 0 Å². The van der Waals surface area contributed by atoms with Crippen molar-refractivity contribution in [2.45, 2.75) is 33.1 Å². The van der Waals surface area contributed by atoms with Crippen molar-refractivity contribution in [1.82, 2.24) is 19.9 Å². The Hall–Kier alpha value is -2.43. The average molecular weight is 282 g/mol. The first-order valence-electron chi connectivity index (χ1n) is 7.08. The number of rotatable bonds is 3. The molecule has 0 aliphatic carbocycles. The van der Waals surface area contributed by atoms with Gasteiger partial charge < -0.3 is 9.97 Å². The summed E-state index contributed by atoms with van der Waals surface area (Å²) in [4.78, 5) is 27.3. The first kappa shape index (κ1) is 13.5. The standard InChI is InChI=1S/C16H18N4O/c1-9(2)15-10(3)17-13(20-16(15)21)8-14-18-11-6-4-5-7-12(11)19-14/h4-7,9H,8H2,1-3H3,(H,18,19)(H,17,20,21). The molecule has 2 N–H and O–H groups in total. The summed E-state index contributed by atoms with van der Waals surface area (Å²) in [5.41, 5.74) is 3.41. The maximum Gasteiger partial charge on any atom is 0.254 e. The number of para-hydroxylation sites is 2. The number of fused-ring (bicyclic) bond motifs is 1. The fraction of sp³-hybridized carbons (Fsp3) is 0.312. The molecule has 5 heteroatoms. The monoisotopic (exact) mass is 282 g/mol. The van der Waals surface area contributed by atoms with E-state index in [-0.39, 0.29) is 11.5 Å². The molecule has 2 aromatic heterocycles. The van der Waals surface area contributed by atoms with E-state index in [1.165, 1.54) is 0 Å². The Morgan fingerprint density at radius 1 is 1.10 bits per heavy atom. The Balaban J connectivity index is 1.96. The van der Waals surface area contributed by atoms with E-state index in [4.69, 9.17) is 0 Å². The zero-order valence-electron chi connectivity index (χ0n) is 12.4. The van der Waals surface area contributed by atoms with Crippen LogP contribution < -0.4 is 5.56 Å². The van der Waals surface area contributed by atoms with Crippen LogP contribution in [0.1, 0.15) is 42.7 Å². The summed E-state index contributed by atoms with van der Waals surface area (Å²) in [5, 5.41) is 0. The number of aryl methyl sites for hydroxylation is 1. The van der Waals surface area contributed by atoms with Crippen LogP contribution in [0.2, 0.25) is 0 Å². The molecule has 3 rings (SSSR count). The van der Waals surface area contributed by atoms with Gasteiger partial charge in [0.25, 0.3) is 5.56 Å². The average Bonchev–Trinajstić information content (AvgIpc) is 2.79. The molecule has 0 bridgehead atoms. The molecule has 0 aliphatic heterocycles. The lowest BCUT2D eigenvalue weighted by atomic mass is 10.0. The van der Waals surface area contributed by atoms with Gasteiger partial charge in [0.15, 0.2) is 0 Å². The Morgan fingerprint density at radius 2 is 1.81 bits per heavy atom. The Kier molecular flexibility index (Phi) is 3.33. The summed E-state index contributed by atoms with van der Waals surface area (Å²) in [7, 11) is 0. The van der Waals surface area contributed by atoms with Gasteiger partial charge in [0.1, 0.15) is 11.6 Å². The van der Waals surface area contributed by atoms with Crippen LogP contribution in [-0.4, -0.2) is 19.9 Å². The molecule has 0 aliphatic rings. The van der Waals surface area contributed by atoms with E-state index in [0.717, 1.165) is 28.1 Å². The number of imidazole rings is 1. The molecule has 2 heterocycles. The summed E-state index contributed by atoms with van der Waals surface area (Å²) in [5.74, 6) is 1.61. The molecule has 0 radical (unpaired) electrons. The highest BCUT2D eigenvalue weighted by Crippen LogP contribution is 2.14. The number of nitrogens with zero attached hydrogens (tertiary/aromatic N) is 2. The van der Waals surface area contributed by atoms with Gasteiger partial charge in [-0.25, -0.2) is 9.97 Å². The largest absolute Gasteiger partial charge is 0.342 e. The van der Waals surface area contributed by atoms with Crippen LogP contribution in [0.25, 0.3) is 11.0 Å². The molecule has 0 fully saturated rings. The zero-order chi connectivity index (χ0) is 15.0. The summed E-state index contributed by atoms with van der Waals surface area (Å²) in [6, 6.07) is 7.86. The van der Waals surface area contributed by atoms with Crippen molar-refractivity contribution in [2.24, 2.45) is 0 Å². The first-order valence-corrected chi connectivity index (χ1v) is 7.08. The summed E-state index contributed by atoms with van der Waals surface area (Å²) >= 11 is 0. The minimum absolute atomic E-state index is 0.0522. The lowest BCUT2D eigenvalue weighted by Crippen LogP contribution is -2.20. The fourth-order valence-corrected chi connectivity index (χ4v) is 2.66. The van der Waals surface area contributed by atoms with Gasteiger partial charge in [-0.05, 0) is 25.0 Å². The normalized spacial score (nSPS) is 11.4. The van der Waals surface area contributed by atoms with Crippen LogP contribution in [0.5, 0.6) is 0 Å². The third-order valence-corrected chi connectivity index (χ3v) is 3.55. The van der Waals surface area contributed by atoms with E-state index in [1.54, 1.807) is 0 Å². The Morgan fingerprint density at radius 3 is 2.48 bits per heavy atom. The summed E-state index contributed by atoms with van der Waals surface area (Å²) in [6.45, 7) is 5.88. The minimum atomic E-state index is -0.0522. The molecule has 0 amide bonds. The van der Waals surface area contributed by atoms with Crippen molar-refractivity contribution < 1.29 is 0 Å². The van der Waals surface area contributed by atoms with E-state index in [1.807, 2.05) is 45.0 Å². The summed E-state index contributed by atoms with van der Waals surface area (Å²) in [6.07, 6.45) is 0.489. The first-order chi connectivity index (χ1) is 10.0. The van der Waals surface area contributed by atoms with Gasteiger partial charge >= 0.3 is 0 Å². The molecule has 21 heavy (non-hydrogen) atoms. The Labute approximate surface area is 122 Å². The van der Waals surface area contributed by atoms with Crippen LogP contribution in [0.3, 0.4) is 0 Å². The van der Waals surface area contributed by atoms with Gasteiger partial charge in [0.05, 0.1) is 17.5 Å². The molecule has 1 aromatic carbocycles. The van der Waals surface area contributed by atoms with Crippen LogP contribution >= 0.6 is 0 Å². The van der Waals surface area contributed by atoms with Gasteiger partial charge in [-0.2, -0.15) is 0 Å². The number of hydrogen-bond acceptors (Lipinski definition) is 3. The molecule has 3 aromatic rings. The second kappa shape index (κ2) is 5.16. The van der Waals surface area contributed by atoms with Gasteiger partial charge in [0.2, 0.25) is 0 Å². The van der Waals surface area contributed by atoms with Gasteiger partial charge in [-0.3, -0.25) is 4.79 Å². The molecular weight excluding hydrogens is 264 g/mol. The van der Waals surface area contributed by atoms with Crippen LogP contribution in [0.4, 0.5) is 0 Å². The molecule has 108 valence electrons. The smallest absolute Gasteiger partial charge is 0.254 e. The third-order valence-electron chi connectivity index (χ3n) is 3.55. The third kappa shape index (κ3) is 2.59. The van der Waals surface area contributed by atoms with Crippen molar-refractivity contribution in [1.29, 1.82) is 0 Å². The highest BCUT2D eigenvalue weighted by atomic mass is 16.1. The highest BCUT2D eigenvalue weighted by molar-refractivity contribution is 5.74. The van der Waals surface area contributed by atoms with Crippen LogP contribution in [0, 0.1) is 6.92 Å². The maximum atomic E-state index is 12.1. The lowest BCUT2D eigenvalue weighted by molar-refractivity contribution is 0.786. The minimum Gasteiger partial charge on any atom is -0.342 e. The van der Waals surface area contributed by atoms with Crippen molar-refractivity contribution in [2.75, 3.05) is 0 Å². The van der Waals surface area contributed by atoms with E-state index >= 15 is 0 Å². The quantitative estimate of drug-likeness (QED) is 0.775. The predicted octanol–water partition coefficient (Wildman–Crippen LogP) is 2.67. The molecule has 0 unspecified atom stereocenters. The van der Waals surface area contributed by atoms with Crippen molar-refractivity contribution in [3.05, 3.63) is 57.5 Å². The molecule has 5 nitrogen and oxygen atoms in total. The number of H-pyrrole nitrogens is 2. The van der Waals surface area contributed by atoms with Crippen molar-refractivity contribution in [3.63, 3.8) is 0 Å². The zero-order valence-corrected chi connectivity index (χ0v) is 12.4. The van der Waals surface area contributed by atoms with Gasteiger partial charge in [-0.1, -0.05) is 26.0 Å². The second-order valence-corrected chi connectivity index (χ2v) is 5.54. The molecular formula is C16H18N4O. The van der Waals surface area contributed by atoms with Crippen molar-refractivity contribution >= 4 is 11.0 Å². The SMILES string of the molecule is Cc1nc(Cc2nc3ccccc3[nH]2)[nH]c(=O)c1C(C)C. The second-order valence-electron chi connectivity index (χ2n) is 5.54. The maximum absolute atomic E-state index is 12.1. The molecule has 0 atom stereocenters. The topological polar surface area (TPSA) is 74.4 Å². The van der Waals surface area contributed by atoms with Gasteiger partial charge in [-0.15, -0.1) is 0 Å². The number of benzene rings is 1. The van der Waals surface area contributed by atoms with E-state index in [2.05, 4.69) is 19.9 Å². The highest BCUT2D eigenvalue weighted by Gasteiger charge is 2.12. The Bertz CT molecular complexity index is 812. The molecule has 0 saturated heterocycles. The van der Waals surface area contributed by atoms with E-state index in [9.17, 15) is 4.79 Å². The molecule has 0 saturated carbocycles. The number of nitrogens with one attached hydrogen (secondary N) is 2. The van der Waals surface area contributed by atoms with Crippen LogP contribution in [0.15, 0.2) is 29.1 Å². The fourth-order valence-electron chi connectivity index (χ4n) is 2.66. The van der Waals surface area contributed by atoms with Crippen LogP contribution in [-0.2, 0) is 6.42 Å². The van der Waals surface area contributed by atoms with Crippen molar-refractivity contribution in [3.8, 4) is 0 Å². The summed E-state index contributed by atoms with van der Waals surface area (Å²) < 4.78 is 0. The van der Waals surface area contributed by atoms with Gasteiger partial charge in [0, 0.05) is 11.3 Å². The van der Waals surface area contributed by atoms with E-state index in [0.29, 0.717) is 12.2 Å². The molecule has 0 spiro atoms. The predicted molar refractivity (Wildman–Crippen MR) is 82.6 cm³/mol. The number of aromatic amines is 2.